The highest BCUT2D eigenvalue weighted by molar-refractivity contribution is 4.85. The fourth-order valence-corrected chi connectivity index (χ4v) is 1.63. The molecule has 1 fully saturated rings. The molecule has 0 radical (unpaired) electrons. The van der Waals surface area contributed by atoms with Gasteiger partial charge in [0.1, 0.15) is 0 Å². The van der Waals surface area contributed by atoms with Gasteiger partial charge in [-0.2, -0.15) is 0 Å². The van der Waals surface area contributed by atoms with Crippen molar-refractivity contribution in [3.8, 4) is 0 Å². The van der Waals surface area contributed by atoms with Crippen molar-refractivity contribution in [3.63, 3.8) is 0 Å². The normalized spacial score (nSPS) is 23.2. The van der Waals surface area contributed by atoms with Crippen LogP contribution < -0.4 is 5.32 Å². The van der Waals surface area contributed by atoms with Crippen LogP contribution in [-0.4, -0.2) is 26.8 Å². The van der Waals surface area contributed by atoms with Gasteiger partial charge in [-0.3, -0.25) is 0 Å². The molecule has 1 N–H and O–H groups in total. The van der Waals surface area contributed by atoms with Crippen LogP contribution in [0.1, 0.15) is 19.8 Å². The van der Waals surface area contributed by atoms with E-state index >= 15 is 0 Å². The first-order valence-electron chi connectivity index (χ1n) is 4.45. The van der Waals surface area contributed by atoms with E-state index in [4.69, 9.17) is 4.74 Å². The number of likely N-dealkylation sites (N-methyl/N-ethyl adjacent to an activating group) is 1. The van der Waals surface area contributed by atoms with Crippen molar-refractivity contribution < 1.29 is 4.74 Å². The summed E-state index contributed by atoms with van der Waals surface area (Å²) in [5.41, 5.74) is 0. The Morgan fingerprint density at radius 2 is 2.18 bits per heavy atom. The van der Waals surface area contributed by atoms with E-state index in [1.807, 2.05) is 7.05 Å². The lowest BCUT2D eigenvalue weighted by Gasteiger charge is -2.22. The standard InChI is InChI=1S/C9H19NO/c1-7(8-4-5-8)9(10-2)6-11-3/h7-10H,4-6H2,1-3H3. The van der Waals surface area contributed by atoms with Gasteiger partial charge in [0.25, 0.3) is 0 Å². The van der Waals surface area contributed by atoms with Crippen molar-refractivity contribution in [2.24, 2.45) is 11.8 Å². The first-order chi connectivity index (χ1) is 5.29. The minimum absolute atomic E-state index is 0.549. The maximum atomic E-state index is 5.13. The minimum Gasteiger partial charge on any atom is -0.383 e. The molecule has 0 aromatic rings. The van der Waals surface area contributed by atoms with E-state index < -0.39 is 0 Å². The summed E-state index contributed by atoms with van der Waals surface area (Å²) in [4.78, 5) is 0. The van der Waals surface area contributed by atoms with Crippen molar-refractivity contribution in [1.29, 1.82) is 0 Å². The van der Waals surface area contributed by atoms with Crippen LogP contribution in [-0.2, 0) is 4.74 Å². The Kier molecular flexibility index (Phi) is 3.34. The van der Waals surface area contributed by atoms with E-state index in [0.29, 0.717) is 6.04 Å². The van der Waals surface area contributed by atoms with Crippen LogP contribution >= 0.6 is 0 Å². The third kappa shape index (κ3) is 2.46. The van der Waals surface area contributed by atoms with E-state index in [1.54, 1.807) is 7.11 Å². The lowest BCUT2D eigenvalue weighted by Crippen LogP contribution is -2.37. The molecule has 0 spiro atoms. The van der Waals surface area contributed by atoms with Crippen molar-refractivity contribution in [3.05, 3.63) is 0 Å². The van der Waals surface area contributed by atoms with Crippen molar-refractivity contribution >= 4 is 0 Å². The Morgan fingerprint density at radius 1 is 1.55 bits per heavy atom. The lowest BCUT2D eigenvalue weighted by molar-refractivity contribution is 0.141. The second-order valence-corrected chi connectivity index (χ2v) is 3.55. The molecule has 1 aliphatic rings. The van der Waals surface area contributed by atoms with Gasteiger partial charge in [0, 0.05) is 13.2 Å². The smallest absolute Gasteiger partial charge is 0.0618 e. The van der Waals surface area contributed by atoms with Gasteiger partial charge >= 0.3 is 0 Å². The van der Waals surface area contributed by atoms with Gasteiger partial charge in [-0.05, 0) is 31.7 Å². The molecule has 1 aliphatic carbocycles. The number of ether oxygens (including phenoxy) is 1. The fraction of sp³-hybridized carbons (Fsp3) is 1.00. The average Bonchev–Trinajstić information content (AvgIpc) is 2.81. The van der Waals surface area contributed by atoms with Crippen LogP contribution in [0.5, 0.6) is 0 Å². The van der Waals surface area contributed by atoms with E-state index in [9.17, 15) is 0 Å². The lowest BCUT2D eigenvalue weighted by atomic mass is 9.97. The summed E-state index contributed by atoms with van der Waals surface area (Å²) in [7, 11) is 3.78. The third-order valence-electron chi connectivity index (χ3n) is 2.72. The third-order valence-corrected chi connectivity index (χ3v) is 2.72. The van der Waals surface area contributed by atoms with Crippen LogP contribution in [0.4, 0.5) is 0 Å². The molecule has 0 aliphatic heterocycles. The Balaban J connectivity index is 2.26. The number of methoxy groups -OCH3 is 1. The molecular weight excluding hydrogens is 138 g/mol. The van der Waals surface area contributed by atoms with Crippen molar-refractivity contribution in [2.45, 2.75) is 25.8 Å². The van der Waals surface area contributed by atoms with E-state index in [1.165, 1.54) is 12.8 Å². The van der Waals surface area contributed by atoms with Gasteiger partial charge in [0.05, 0.1) is 6.61 Å². The van der Waals surface area contributed by atoms with Gasteiger partial charge in [-0.15, -0.1) is 0 Å². The zero-order chi connectivity index (χ0) is 8.27. The number of rotatable bonds is 5. The van der Waals surface area contributed by atoms with E-state index in [2.05, 4.69) is 12.2 Å². The summed E-state index contributed by atoms with van der Waals surface area (Å²) in [6, 6.07) is 0.549. The maximum Gasteiger partial charge on any atom is 0.0618 e. The zero-order valence-corrected chi connectivity index (χ0v) is 7.76. The molecule has 11 heavy (non-hydrogen) atoms. The second-order valence-electron chi connectivity index (χ2n) is 3.55. The summed E-state index contributed by atoms with van der Waals surface area (Å²) >= 11 is 0. The second kappa shape index (κ2) is 4.07. The van der Waals surface area contributed by atoms with E-state index in [0.717, 1.165) is 18.4 Å². The van der Waals surface area contributed by atoms with Gasteiger partial charge in [0.15, 0.2) is 0 Å². The van der Waals surface area contributed by atoms with Crippen molar-refractivity contribution in [2.75, 3.05) is 20.8 Å². The summed E-state index contributed by atoms with van der Waals surface area (Å²) < 4.78 is 5.13. The molecule has 0 heterocycles. The molecule has 2 atom stereocenters. The Bertz CT molecular complexity index is 112. The number of hydrogen-bond acceptors (Lipinski definition) is 2. The molecule has 1 rings (SSSR count). The first-order valence-corrected chi connectivity index (χ1v) is 4.45. The molecule has 2 nitrogen and oxygen atoms in total. The summed E-state index contributed by atoms with van der Waals surface area (Å²) in [6.07, 6.45) is 2.84. The summed E-state index contributed by atoms with van der Waals surface area (Å²) in [6.45, 7) is 3.16. The molecule has 0 aromatic carbocycles. The molecule has 0 amide bonds. The predicted octanol–water partition coefficient (Wildman–Crippen LogP) is 1.27. The summed E-state index contributed by atoms with van der Waals surface area (Å²) in [5, 5.41) is 3.30. The number of hydrogen-bond donors (Lipinski definition) is 1. The largest absolute Gasteiger partial charge is 0.383 e. The van der Waals surface area contributed by atoms with Gasteiger partial charge in [-0.1, -0.05) is 6.92 Å². The Morgan fingerprint density at radius 3 is 2.55 bits per heavy atom. The molecule has 0 aromatic heterocycles. The van der Waals surface area contributed by atoms with Crippen LogP contribution in [0.15, 0.2) is 0 Å². The summed E-state index contributed by atoms with van der Waals surface area (Å²) in [5.74, 6) is 1.74. The highest BCUT2D eigenvalue weighted by atomic mass is 16.5. The van der Waals surface area contributed by atoms with Gasteiger partial charge in [-0.25, -0.2) is 0 Å². The molecule has 0 bridgehead atoms. The van der Waals surface area contributed by atoms with Crippen LogP contribution in [0, 0.1) is 11.8 Å². The van der Waals surface area contributed by atoms with Crippen LogP contribution in [0.2, 0.25) is 0 Å². The number of nitrogens with one attached hydrogen (secondary N) is 1. The van der Waals surface area contributed by atoms with Crippen molar-refractivity contribution in [1.82, 2.24) is 5.32 Å². The van der Waals surface area contributed by atoms with Crippen LogP contribution in [0.3, 0.4) is 0 Å². The van der Waals surface area contributed by atoms with Crippen LogP contribution in [0.25, 0.3) is 0 Å². The Hall–Kier alpha value is -0.0800. The molecule has 2 unspecified atom stereocenters. The SMILES string of the molecule is CNC(COC)C(C)C1CC1. The fourth-order valence-electron chi connectivity index (χ4n) is 1.63. The molecular formula is C9H19NO. The topological polar surface area (TPSA) is 21.3 Å². The average molecular weight is 157 g/mol. The molecule has 1 saturated carbocycles. The minimum atomic E-state index is 0.549. The molecule has 2 heteroatoms. The first kappa shape index (κ1) is 9.01. The highest BCUT2D eigenvalue weighted by Crippen LogP contribution is 2.38. The maximum absolute atomic E-state index is 5.13. The Labute approximate surface area is 69.3 Å². The monoisotopic (exact) mass is 157 g/mol. The quantitative estimate of drug-likeness (QED) is 0.649. The van der Waals surface area contributed by atoms with Gasteiger partial charge < -0.3 is 10.1 Å². The molecule has 66 valence electrons. The molecule has 0 saturated heterocycles. The predicted molar refractivity (Wildman–Crippen MR) is 46.6 cm³/mol. The zero-order valence-electron chi connectivity index (χ0n) is 7.76. The van der Waals surface area contributed by atoms with E-state index in [-0.39, 0.29) is 0 Å². The highest BCUT2D eigenvalue weighted by Gasteiger charge is 2.32. The van der Waals surface area contributed by atoms with Gasteiger partial charge in [0.2, 0.25) is 0 Å².